The first-order valence-electron chi connectivity index (χ1n) is 9.22. The van der Waals surface area contributed by atoms with Gasteiger partial charge in [-0.1, -0.05) is 18.7 Å². The van der Waals surface area contributed by atoms with E-state index in [2.05, 4.69) is 23.7 Å². The monoisotopic (exact) mass is 394 g/mol. The highest BCUT2D eigenvalue weighted by atomic mass is 32.2. The van der Waals surface area contributed by atoms with Gasteiger partial charge in [0.2, 0.25) is 0 Å². The van der Waals surface area contributed by atoms with Crippen LogP contribution in [0.15, 0.2) is 5.16 Å². The van der Waals surface area contributed by atoms with Gasteiger partial charge in [-0.05, 0) is 18.9 Å². The number of nitrogens with zero attached hydrogens (tertiary/aromatic N) is 3. The summed E-state index contributed by atoms with van der Waals surface area (Å²) < 4.78 is 11.5. The van der Waals surface area contributed by atoms with Crippen LogP contribution < -0.4 is 5.73 Å². The summed E-state index contributed by atoms with van der Waals surface area (Å²) in [6, 6.07) is 0. The maximum atomic E-state index is 6.34. The molecular formula is C18H26N4O2S2. The molecule has 2 aliphatic heterocycles. The van der Waals surface area contributed by atoms with Crippen molar-refractivity contribution in [2.45, 2.75) is 44.1 Å². The second-order valence-electron chi connectivity index (χ2n) is 7.15. The van der Waals surface area contributed by atoms with Crippen LogP contribution in [0.4, 0.5) is 5.82 Å². The van der Waals surface area contributed by atoms with Crippen molar-refractivity contribution < 1.29 is 9.47 Å². The number of morpholine rings is 1. The number of nitrogens with two attached hydrogens (primary N) is 1. The predicted molar refractivity (Wildman–Crippen MR) is 107 cm³/mol. The minimum atomic E-state index is -0.112. The molecule has 2 aromatic rings. The first-order chi connectivity index (χ1) is 12.6. The Kier molecular flexibility index (Phi) is 5.38. The fourth-order valence-corrected chi connectivity index (χ4v) is 5.48. The topological polar surface area (TPSA) is 73.5 Å². The van der Waals surface area contributed by atoms with Crippen LogP contribution >= 0.6 is 23.1 Å². The minimum absolute atomic E-state index is 0.112. The molecule has 2 N–H and O–H groups in total. The highest BCUT2D eigenvalue weighted by Crippen LogP contribution is 2.41. The van der Waals surface area contributed by atoms with Gasteiger partial charge >= 0.3 is 0 Å². The summed E-state index contributed by atoms with van der Waals surface area (Å²) in [5.74, 6) is 1.58. The van der Waals surface area contributed by atoms with E-state index >= 15 is 0 Å². The Morgan fingerprint density at radius 3 is 2.88 bits per heavy atom. The van der Waals surface area contributed by atoms with Crippen LogP contribution in [0.2, 0.25) is 0 Å². The Balaban J connectivity index is 1.50. The second kappa shape index (κ2) is 7.59. The van der Waals surface area contributed by atoms with Gasteiger partial charge in [0.25, 0.3) is 0 Å². The third-order valence-corrected chi connectivity index (χ3v) is 7.26. The Morgan fingerprint density at radius 2 is 2.12 bits per heavy atom. The van der Waals surface area contributed by atoms with Crippen LogP contribution in [-0.4, -0.2) is 59.1 Å². The summed E-state index contributed by atoms with van der Waals surface area (Å²) in [5, 5.41) is 1.83. The van der Waals surface area contributed by atoms with Gasteiger partial charge in [-0.25, -0.2) is 9.97 Å². The van der Waals surface area contributed by atoms with Gasteiger partial charge in [0.15, 0.2) is 5.16 Å². The lowest BCUT2D eigenvalue weighted by molar-refractivity contribution is -0.0542. The number of aromatic nitrogens is 2. The molecule has 0 bridgehead atoms. The van der Waals surface area contributed by atoms with Crippen molar-refractivity contribution in [3.8, 4) is 0 Å². The first-order valence-corrected chi connectivity index (χ1v) is 11.0. The van der Waals surface area contributed by atoms with Crippen molar-refractivity contribution in [2.75, 3.05) is 44.3 Å². The molecule has 1 saturated heterocycles. The quantitative estimate of drug-likeness (QED) is 0.617. The molecule has 1 fully saturated rings. The minimum Gasteiger partial charge on any atom is -0.383 e. The number of thioether (sulfide) groups is 1. The van der Waals surface area contributed by atoms with Crippen LogP contribution in [-0.2, 0) is 22.5 Å². The van der Waals surface area contributed by atoms with Crippen LogP contribution in [0, 0.1) is 0 Å². The molecule has 2 aliphatic rings. The average Bonchev–Trinajstić information content (AvgIpc) is 3.00. The molecule has 0 amide bonds. The number of thiophene rings is 1. The number of hydrogen-bond donors (Lipinski definition) is 1. The highest BCUT2D eigenvalue weighted by Gasteiger charge is 2.33. The average molecular weight is 395 g/mol. The number of fused-ring (bicyclic) bond motifs is 3. The SMILES string of the molecule is CC[C@]1(C)Cc2c(sc3nc(SCCN4CCOCC4)nc(N)c23)CO1. The molecular weight excluding hydrogens is 368 g/mol. The van der Waals surface area contributed by atoms with Gasteiger partial charge in [-0.15, -0.1) is 11.3 Å². The van der Waals surface area contributed by atoms with Gasteiger partial charge in [-0.2, -0.15) is 0 Å². The molecule has 2 aromatic heterocycles. The van der Waals surface area contributed by atoms with E-state index in [1.54, 1.807) is 23.1 Å². The molecule has 142 valence electrons. The smallest absolute Gasteiger partial charge is 0.190 e. The molecule has 6 nitrogen and oxygen atoms in total. The molecule has 0 unspecified atom stereocenters. The number of ether oxygens (including phenoxy) is 2. The number of rotatable bonds is 5. The Labute approximate surface area is 162 Å². The molecule has 4 heterocycles. The molecule has 0 saturated carbocycles. The van der Waals surface area contributed by atoms with E-state index in [4.69, 9.17) is 20.2 Å². The van der Waals surface area contributed by atoms with Crippen LogP contribution in [0.1, 0.15) is 30.7 Å². The Hall–Kier alpha value is -0.930. The maximum Gasteiger partial charge on any atom is 0.190 e. The van der Waals surface area contributed by atoms with Gasteiger partial charge in [0.05, 0.1) is 30.8 Å². The summed E-state index contributed by atoms with van der Waals surface area (Å²) in [6.07, 6.45) is 1.87. The summed E-state index contributed by atoms with van der Waals surface area (Å²) >= 11 is 3.39. The fourth-order valence-electron chi connectivity index (χ4n) is 3.46. The normalized spacial score (nSPS) is 24.1. The lowest BCUT2D eigenvalue weighted by atomic mass is 9.90. The number of anilines is 1. The van der Waals surface area contributed by atoms with Crippen molar-refractivity contribution in [2.24, 2.45) is 0 Å². The predicted octanol–water partition coefficient (Wildman–Crippen LogP) is 2.94. The Morgan fingerprint density at radius 1 is 1.31 bits per heavy atom. The van der Waals surface area contributed by atoms with Gasteiger partial charge in [0, 0.05) is 36.7 Å². The number of hydrogen-bond acceptors (Lipinski definition) is 8. The van der Waals surface area contributed by atoms with E-state index in [0.717, 1.165) is 66.8 Å². The summed E-state index contributed by atoms with van der Waals surface area (Å²) in [5.41, 5.74) is 7.53. The van der Waals surface area contributed by atoms with E-state index in [1.807, 2.05) is 0 Å². The van der Waals surface area contributed by atoms with E-state index in [9.17, 15) is 0 Å². The third kappa shape index (κ3) is 3.71. The Bertz CT molecular complexity index is 791. The lowest BCUT2D eigenvalue weighted by Crippen LogP contribution is -2.37. The van der Waals surface area contributed by atoms with E-state index in [-0.39, 0.29) is 5.60 Å². The molecule has 26 heavy (non-hydrogen) atoms. The molecule has 4 rings (SSSR count). The lowest BCUT2D eigenvalue weighted by Gasteiger charge is -2.33. The fraction of sp³-hybridized carbons (Fsp3) is 0.667. The highest BCUT2D eigenvalue weighted by molar-refractivity contribution is 7.99. The van der Waals surface area contributed by atoms with Crippen LogP contribution in [0.25, 0.3) is 10.2 Å². The molecule has 0 aliphatic carbocycles. The van der Waals surface area contributed by atoms with Gasteiger partial charge in [0.1, 0.15) is 10.6 Å². The summed E-state index contributed by atoms with van der Waals surface area (Å²) in [6.45, 7) is 9.71. The van der Waals surface area contributed by atoms with Crippen molar-refractivity contribution in [3.63, 3.8) is 0 Å². The zero-order valence-corrected chi connectivity index (χ0v) is 17.0. The van der Waals surface area contributed by atoms with Crippen molar-refractivity contribution in [1.82, 2.24) is 14.9 Å². The molecule has 0 aromatic carbocycles. The number of nitrogen functional groups attached to an aromatic ring is 1. The largest absolute Gasteiger partial charge is 0.383 e. The summed E-state index contributed by atoms with van der Waals surface area (Å²) in [7, 11) is 0. The first kappa shape index (κ1) is 18.4. The van der Waals surface area contributed by atoms with E-state index < -0.39 is 0 Å². The standard InChI is InChI=1S/C18H26N4O2S2/c1-3-18(2)10-12-13(11-24-18)26-16-14(12)15(19)20-17(21-16)25-9-6-22-4-7-23-8-5-22/h3-11H2,1-2H3,(H2,19,20,21)/t18-/m1/s1. The zero-order valence-electron chi connectivity index (χ0n) is 15.4. The molecule has 0 spiro atoms. The third-order valence-electron chi connectivity index (χ3n) is 5.33. The maximum absolute atomic E-state index is 6.34. The van der Waals surface area contributed by atoms with E-state index in [0.29, 0.717) is 12.4 Å². The van der Waals surface area contributed by atoms with Crippen molar-refractivity contribution in [1.29, 1.82) is 0 Å². The van der Waals surface area contributed by atoms with Crippen LogP contribution in [0.5, 0.6) is 0 Å². The molecule has 0 radical (unpaired) electrons. The molecule has 8 heteroatoms. The van der Waals surface area contributed by atoms with E-state index in [1.165, 1.54) is 10.4 Å². The summed E-state index contributed by atoms with van der Waals surface area (Å²) in [4.78, 5) is 14.1. The second-order valence-corrected chi connectivity index (χ2v) is 9.29. The zero-order chi connectivity index (χ0) is 18.1. The van der Waals surface area contributed by atoms with Gasteiger partial charge in [-0.3, -0.25) is 4.90 Å². The van der Waals surface area contributed by atoms with Crippen molar-refractivity contribution >= 4 is 39.1 Å². The molecule has 1 atom stereocenters. The van der Waals surface area contributed by atoms with Gasteiger partial charge < -0.3 is 15.2 Å². The van der Waals surface area contributed by atoms with Crippen molar-refractivity contribution in [3.05, 3.63) is 10.4 Å². The van der Waals surface area contributed by atoms with Crippen LogP contribution in [0.3, 0.4) is 0 Å².